The summed E-state index contributed by atoms with van der Waals surface area (Å²) in [7, 11) is 0. The Hall–Kier alpha value is -3.15. The second-order valence-electron chi connectivity index (χ2n) is 4.60. The van der Waals surface area contributed by atoms with Gasteiger partial charge in [-0.05, 0) is 29.3 Å². The molecule has 0 saturated carbocycles. The van der Waals surface area contributed by atoms with Crippen LogP contribution in [0, 0.1) is 0 Å². The van der Waals surface area contributed by atoms with Crippen molar-refractivity contribution in [2.45, 2.75) is 0 Å². The molecule has 0 spiro atoms. The molecule has 0 bridgehead atoms. The van der Waals surface area contributed by atoms with E-state index < -0.39 is 5.97 Å². The van der Waals surface area contributed by atoms with Crippen molar-refractivity contribution >= 4 is 27.8 Å². The predicted octanol–water partition coefficient (Wildman–Crippen LogP) is 3.33. The van der Waals surface area contributed by atoms with Gasteiger partial charge in [0.25, 0.3) is 5.76 Å². The van der Waals surface area contributed by atoms with Gasteiger partial charge in [0.15, 0.2) is 0 Å². The molecule has 0 saturated heterocycles. The number of nitrogens with zero attached hydrogens (tertiary/aromatic N) is 2. The highest BCUT2D eigenvalue weighted by atomic mass is 16.5. The molecule has 4 rings (SSSR count). The summed E-state index contributed by atoms with van der Waals surface area (Å²) in [6.07, 6.45) is 1.56. The molecule has 0 unspecified atom stereocenters. The number of carbonyl (C=O) groups is 1. The highest BCUT2D eigenvalue weighted by Crippen LogP contribution is 2.32. The number of carboxylic acids is 1. The fourth-order valence-corrected chi connectivity index (χ4v) is 2.41. The summed E-state index contributed by atoms with van der Waals surface area (Å²) in [6.45, 7) is 0. The highest BCUT2D eigenvalue weighted by Gasteiger charge is 2.19. The lowest BCUT2D eigenvalue weighted by Gasteiger charge is -2.03. The van der Waals surface area contributed by atoms with E-state index in [4.69, 9.17) is 9.05 Å². The van der Waals surface area contributed by atoms with E-state index >= 15 is 0 Å². The van der Waals surface area contributed by atoms with E-state index in [9.17, 15) is 9.90 Å². The number of benzene rings is 2. The molecule has 0 aliphatic rings. The summed E-state index contributed by atoms with van der Waals surface area (Å²) in [4.78, 5) is 11.3. The number of aromatic nitrogens is 2. The number of fused-ring (bicyclic) bond motifs is 2. The SMILES string of the molecule is O=C(O)c1onc2cccc(-c3ccc4conc4c3)c12. The van der Waals surface area contributed by atoms with Gasteiger partial charge in [-0.15, -0.1) is 0 Å². The lowest BCUT2D eigenvalue weighted by Crippen LogP contribution is -1.94. The van der Waals surface area contributed by atoms with E-state index in [2.05, 4.69) is 10.3 Å². The lowest BCUT2D eigenvalue weighted by molar-refractivity contribution is 0.0655. The van der Waals surface area contributed by atoms with E-state index in [1.165, 1.54) is 0 Å². The van der Waals surface area contributed by atoms with Crippen molar-refractivity contribution in [3.8, 4) is 11.1 Å². The monoisotopic (exact) mass is 280 g/mol. The van der Waals surface area contributed by atoms with Gasteiger partial charge in [0.2, 0.25) is 0 Å². The standard InChI is InChI=1S/C15H8N2O4/c18-15(19)14-13-10(2-1-3-11(13)17-21-14)8-4-5-9-7-20-16-12(9)6-8/h1-7H,(H,18,19). The molecule has 102 valence electrons. The van der Waals surface area contributed by atoms with Gasteiger partial charge < -0.3 is 14.2 Å². The number of carboxylic acid groups (broad SMARTS) is 1. The number of hydrogen-bond donors (Lipinski definition) is 1. The van der Waals surface area contributed by atoms with Crippen LogP contribution >= 0.6 is 0 Å². The zero-order valence-corrected chi connectivity index (χ0v) is 10.6. The summed E-state index contributed by atoms with van der Waals surface area (Å²) in [5.74, 6) is -1.31. The van der Waals surface area contributed by atoms with Gasteiger partial charge >= 0.3 is 5.97 Å². The fourth-order valence-electron chi connectivity index (χ4n) is 2.41. The largest absolute Gasteiger partial charge is 0.475 e. The highest BCUT2D eigenvalue weighted by molar-refractivity contribution is 6.07. The molecule has 1 N–H and O–H groups in total. The maximum atomic E-state index is 11.3. The van der Waals surface area contributed by atoms with Crippen molar-refractivity contribution in [3.63, 3.8) is 0 Å². The average Bonchev–Trinajstić information content (AvgIpc) is 3.12. The first-order valence-corrected chi connectivity index (χ1v) is 6.20. The molecule has 0 amide bonds. The van der Waals surface area contributed by atoms with Crippen LogP contribution in [0.25, 0.3) is 32.9 Å². The molecule has 0 fully saturated rings. The minimum absolute atomic E-state index is 0.166. The Kier molecular flexibility index (Phi) is 2.32. The molecule has 2 heterocycles. The van der Waals surface area contributed by atoms with Crippen molar-refractivity contribution < 1.29 is 18.9 Å². The number of rotatable bonds is 2. The molecule has 0 atom stereocenters. The van der Waals surface area contributed by atoms with Crippen LogP contribution in [-0.4, -0.2) is 21.4 Å². The molecule has 2 aromatic heterocycles. The number of hydrogen-bond acceptors (Lipinski definition) is 5. The van der Waals surface area contributed by atoms with Crippen LogP contribution in [0.4, 0.5) is 0 Å². The molecule has 6 nitrogen and oxygen atoms in total. The van der Waals surface area contributed by atoms with Crippen LogP contribution < -0.4 is 0 Å². The molecule has 0 radical (unpaired) electrons. The van der Waals surface area contributed by atoms with Crippen LogP contribution in [0.15, 0.2) is 51.7 Å². The summed E-state index contributed by atoms with van der Waals surface area (Å²) in [5, 5.41) is 18.3. The summed E-state index contributed by atoms with van der Waals surface area (Å²) in [5.41, 5.74) is 2.77. The van der Waals surface area contributed by atoms with E-state index in [1.54, 1.807) is 18.4 Å². The molecule has 21 heavy (non-hydrogen) atoms. The first-order chi connectivity index (χ1) is 10.2. The van der Waals surface area contributed by atoms with Crippen molar-refractivity contribution in [1.29, 1.82) is 0 Å². The Morgan fingerprint density at radius 1 is 1.10 bits per heavy atom. The smallest absolute Gasteiger partial charge is 0.375 e. The molecule has 2 aromatic carbocycles. The van der Waals surface area contributed by atoms with Gasteiger partial charge in [-0.25, -0.2) is 4.79 Å². The first-order valence-electron chi connectivity index (χ1n) is 6.20. The normalized spacial score (nSPS) is 11.2. The maximum Gasteiger partial charge on any atom is 0.375 e. The van der Waals surface area contributed by atoms with Crippen molar-refractivity contribution in [3.05, 3.63) is 48.4 Å². The maximum absolute atomic E-state index is 11.3. The third-order valence-electron chi connectivity index (χ3n) is 3.37. The van der Waals surface area contributed by atoms with Crippen molar-refractivity contribution in [2.24, 2.45) is 0 Å². The second-order valence-corrected chi connectivity index (χ2v) is 4.60. The van der Waals surface area contributed by atoms with E-state index in [-0.39, 0.29) is 5.76 Å². The van der Waals surface area contributed by atoms with Gasteiger partial charge in [-0.3, -0.25) is 0 Å². The molecular weight excluding hydrogens is 272 g/mol. The average molecular weight is 280 g/mol. The van der Waals surface area contributed by atoms with Gasteiger partial charge in [0.05, 0.1) is 5.39 Å². The van der Waals surface area contributed by atoms with Crippen LogP contribution in [-0.2, 0) is 0 Å². The molecule has 0 aliphatic heterocycles. The Bertz CT molecular complexity index is 984. The number of aromatic carboxylic acids is 1. The summed E-state index contributed by atoms with van der Waals surface area (Å²) >= 11 is 0. The molecule has 6 heteroatoms. The van der Waals surface area contributed by atoms with E-state index in [0.717, 1.165) is 16.5 Å². The Balaban J connectivity index is 2.04. The van der Waals surface area contributed by atoms with Gasteiger partial charge in [0.1, 0.15) is 17.3 Å². The Morgan fingerprint density at radius 3 is 2.86 bits per heavy atom. The summed E-state index contributed by atoms with van der Waals surface area (Å²) < 4.78 is 9.84. The molecule has 4 aromatic rings. The van der Waals surface area contributed by atoms with Gasteiger partial charge in [-0.2, -0.15) is 0 Å². The minimum Gasteiger partial charge on any atom is -0.475 e. The third kappa shape index (κ3) is 1.69. The first kappa shape index (κ1) is 11.7. The predicted molar refractivity (Wildman–Crippen MR) is 74.0 cm³/mol. The van der Waals surface area contributed by atoms with E-state index in [1.807, 2.05) is 24.3 Å². The zero-order valence-electron chi connectivity index (χ0n) is 10.6. The fraction of sp³-hybridized carbons (Fsp3) is 0. The zero-order chi connectivity index (χ0) is 14.4. The van der Waals surface area contributed by atoms with Crippen LogP contribution in [0.3, 0.4) is 0 Å². The molecule has 0 aliphatic carbocycles. The topological polar surface area (TPSA) is 89.4 Å². The molecular formula is C15H8N2O4. The minimum atomic E-state index is -1.15. The van der Waals surface area contributed by atoms with Crippen molar-refractivity contribution in [1.82, 2.24) is 10.3 Å². The lowest BCUT2D eigenvalue weighted by atomic mass is 9.99. The van der Waals surface area contributed by atoms with Crippen LogP contribution in [0.5, 0.6) is 0 Å². The van der Waals surface area contributed by atoms with Crippen LogP contribution in [0.2, 0.25) is 0 Å². The van der Waals surface area contributed by atoms with Gasteiger partial charge in [0, 0.05) is 5.39 Å². The second kappa shape index (κ2) is 4.17. The third-order valence-corrected chi connectivity index (χ3v) is 3.37. The Labute approximate surface area is 117 Å². The Morgan fingerprint density at radius 2 is 2.00 bits per heavy atom. The summed E-state index contributed by atoms with van der Waals surface area (Å²) in [6, 6.07) is 10.9. The van der Waals surface area contributed by atoms with Crippen molar-refractivity contribution in [2.75, 3.05) is 0 Å². The van der Waals surface area contributed by atoms with Crippen LogP contribution in [0.1, 0.15) is 10.6 Å². The van der Waals surface area contributed by atoms with E-state index in [0.29, 0.717) is 16.4 Å². The quantitative estimate of drug-likeness (QED) is 0.605. The van der Waals surface area contributed by atoms with Gasteiger partial charge in [-0.1, -0.05) is 28.5 Å².